The van der Waals surface area contributed by atoms with Crippen LogP contribution in [0.3, 0.4) is 0 Å². The van der Waals surface area contributed by atoms with Gasteiger partial charge in [-0.3, -0.25) is 4.79 Å². The predicted molar refractivity (Wildman–Crippen MR) is 82.4 cm³/mol. The van der Waals surface area contributed by atoms with Gasteiger partial charge in [0.15, 0.2) is 0 Å². The zero-order chi connectivity index (χ0) is 14.4. The molecule has 2 rings (SSSR count). The van der Waals surface area contributed by atoms with E-state index in [0.29, 0.717) is 24.8 Å². The number of nitrogens with one attached hydrogen (secondary N) is 2. The van der Waals surface area contributed by atoms with Crippen molar-refractivity contribution in [3.63, 3.8) is 0 Å². The first-order valence-electron chi connectivity index (χ1n) is 7.68. The molecule has 2 N–H and O–H groups in total. The van der Waals surface area contributed by atoms with Gasteiger partial charge in [0.25, 0.3) is 0 Å². The highest BCUT2D eigenvalue weighted by Gasteiger charge is 2.21. The van der Waals surface area contributed by atoms with Crippen LogP contribution in [0.15, 0.2) is 24.3 Å². The van der Waals surface area contributed by atoms with Crippen LogP contribution in [0.2, 0.25) is 0 Å². The third-order valence-electron chi connectivity index (χ3n) is 4.43. The van der Waals surface area contributed by atoms with Gasteiger partial charge in [-0.25, -0.2) is 0 Å². The number of amides is 1. The molecule has 0 radical (unpaired) electrons. The summed E-state index contributed by atoms with van der Waals surface area (Å²) in [7, 11) is 0. The lowest BCUT2D eigenvalue weighted by Gasteiger charge is -2.27. The van der Waals surface area contributed by atoms with Crippen molar-refractivity contribution in [2.75, 3.05) is 13.1 Å². The monoisotopic (exact) mass is 274 g/mol. The Morgan fingerprint density at radius 1 is 1.35 bits per heavy atom. The molecule has 0 spiro atoms. The summed E-state index contributed by atoms with van der Waals surface area (Å²) in [5, 5.41) is 6.43. The van der Waals surface area contributed by atoms with Crippen LogP contribution < -0.4 is 10.6 Å². The average molecular weight is 274 g/mol. The summed E-state index contributed by atoms with van der Waals surface area (Å²) in [6.45, 7) is 7.13. The number of carbonyl (C=O) groups excluding carboxylic acids is 1. The zero-order valence-corrected chi connectivity index (χ0v) is 12.6. The molecule has 1 amide bonds. The van der Waals surface area contributed by atoms with Crippen LogP contribution in [0, 0.1) is 18.8 Å². The third-order valence-corrected chi connectivity index (χ3v) is 4.43. The molecular weight excluding hydrogens is 248 g/mol. The number of benzene rings is 1. The Balaban J connectivity index is 1.76. The minimum absolute atomic E-state index is 0.180. The Morgan fingerprint density at radius 2 is 2.05 bits per heavy atom. The van der Waals surface area contributed by atoms with E-state index in [0.717, 1.165) is 13.1 Å². The molecule has 1 aliphatic rings. The number of hydrogen-bond acceptors (Lipinski definition) is 2. The molecule has 3 nitrogen and oxygen atoms in total. The van der Waals surface area contributed by atoms with Crippen molar-refractivity contribution < 1.29 is 4.79 Å². The molecule has 3 heteroatoms. The summed E-state index contributed by atoms with van der Waals surface area (Å²) in [6.07, 6.45) is 3.05. The Labute approximate surface area is 122 Å². The summed E-state index contributed by atoms with van der Waals surface area (Å²) < 4.78 is 0. The van der Waals surface area contributed by atoms with Crippen molar-refractivity contribution in [3.8, 4) is 0 Å². The molecule has 20 heavy (non-hydrogen) atoms. The molecule has 0 bridgehead atoms. The Kier molecular flexibility index (Phi) is 5.60. The SMILES string of the molecule is Cc1ccccc1CNC(=O)CC(C)C1CCNCC1. The number of carbonyl (C=O) groups is 1. The van der Waals surface area contributed by atoms with Gasteiger partial charge in [-0.05, 0) is 55.8 Å². The standard InChI is InChI=1S/C17H26N2O/c1-13-5-3-4-6-16(13)12-19-17(20)11-14(2)15-7-9-18-10-8-15/h3-6,14-15,18H,7-12H2,1-2H3,(H,19,20). The highest BCUT2D eigenvalue weighted by atomic mass is 16.1. The molecule has 1 atom stereocenters. The second-order valence-corrected chi connectivity index (χ2v) is 5.97. The molecule has 0 saturated carbocycles. The molecular formula is C17H26N2O. The smallest absolute Gasteiger partial charge is 0.220 e. The maximum atomic E-state index is 12.1. The summed E-state index contributed by atoms with van der Waals surface area (Å²) in [5.74, 6) is 1.36. The lowest BCUT2D eigenvalue weighted by molar-refractivity contribution is -0.122. The number of piperidine rings is 1. The number of hydrogen-bond donors (Lipinski definition) is 2. The summed E-state index contributed by atoms with van der Waals surface area (Å²) in [6, 6.07) is 8.21. The van der Waals surface area contributed by atoms with Crippen LogP contribution in [0.25, 0.3) is 0 Å². The Hall–Kier alpha value is -1.35. The van der Waals surface area contributed by atoms with Crippen molar-refractivity contribution in [1.29, 1.82) is 0 Å². The van der Waals surface area contributed by atoms with E-state index in [4.69, 9.17) is 0 Å². The van der Waals surface area contributed by atoms with Crippen LogP contribution in [0.4, 0.5) is 0 Å². The van der Waals surface area contributed by atoms with E-state index in [-0.39, 0.29) is 5.91 Å². The summed E-state index contributed by atoms with van der Waals surface area (Å²) in [4.78, 5) is 12.1. The van der Waals surface area contributed by atoms with Crippen molar-refractivity contribution in [3.05, 3.63) is 35.4 Å². The maximum Gasteiger partial charge on any atom is 0.220 e. The minimum Gasteiger partial charge on any atom is -0.352 e. The van der Waals surface area contributed by atoms with Crippen LogP contribution in [0.1, 0.15) is 37.3 Å². The highest BCUT2D eigenvalue weighted by molar-refractivity contribution is 5.76. The molecule has 1 fully saturated rings. The first-order valence-corrected chi connectivity index (χ1v) is 7.68. The van der Waals surface area contributed by atoms with E-state index >= 15 is 0 Å². The van der Waals surface area contributed by atoms with Gasteiger partial charge in [0.2, 0.25) is 5.91 Å². The Morgan fingerprint density at radius 3 is 2.75 bits per heavy atom. The van der Waals surface area contributed by atoms with E-state index in [2.05, 4.69) is 36.6 Å². The molecule has 1 unspecified atom stereocenters. The molecule has 1 heterocycles. The van der Waals surface area contributed by atoms with Crippen LogP contribution in [-0.2, 0) is 11.3 Å². The average Bonchev–Trinajstić information content (AvgIpc) is 2.47. The second-order valence-electron chi connectivity index (χ2n) is 5.97. The maximum absolute atomic E-state index is 12.1. The first kappa shape index (κ1) is 15.0. The van der Waals surface area contributed by atoms with E-state index in [1.165, 1.54) is 24.0 Å². The normalized spacial score (nSPS) is 17.7. The predicted octanol–water partition coefficient (Wildman–Crippen LogP) is 2.64. The summed E-state index contributed by atoms with van der Waals surface area (Å²) in [5.41, 5.74) is 2.44. The fourth-order valence-corrected chi connectivity index (χ4v) is 2.95. The van der Waals surface area contributed by atoms with Crippen LogP contribution in [-0.4, -0.2) is 19.0 Å². The lowest BCUT2D eigenvalue weighted by atomic mass is 9.84. The molecule has 1 aromatic carbocycles. The molecule has 0 aromatic heterocycles. The number of rotatable bonds is 5. The van der Waals surface area contributed by atoms with E-state index in [1.54, 1.807) is 0 Å². The van der Waals surface area contributed by atoms with E-state index < -0.39 is 0 Å². The molecule has 1 saturated heterocycles. The fraction of sp³-hybridized carbons (Fsp3) is 0.588. The second kappa shape index (κ2) is 7.44. The minimum atomic E-state index is 0.180. The van der Waals surface area contributed by atoms with Gasteiger partial charge < -0.3 is 10.6 Å². The molecule has 110 valence electrons. The molecule has 0 aliphatic carbocycles. The quantitative estimate of drug-likeness (QED) is 0.866. The van der Waals surface area contributed by atoms with Gasteiger partial charge >= 0.3 is 0 Å². The number of aryl methyl sites for hydroxylation is 1. The molecule has 1 aliphatic heterocycles. The van der Waals surface area contributed by atoms with Gasteiger partial charge in [0.05, 0.1) is 0 Å². The highest BCUT2D eigenvalue weighted by Crippen LogP contribution is 2.24. The van der Waals surface area contributed by atoms with Gasteiger partial charge in [-0.15, -0.1) is 0 Å². The van der Waals surface area contributed by atoms with Crippen molar-refractivity contribution in [2.45, 2.75) is 39.7 Å². The van der Waals surface area contributed by atoms with E-state index in [9.17, 15) is 4.79 Å². The topological polar surface area (TPSA) is 41.1 Å². The van der Waals surface area contributed by atoms with Crippen molar-refractivity contribution in [2.24, 2.45) is 11.8 Å². The summed E-state index contributed by atoms with van der Waals surface area (Å²) >= 11 is 0. The lowest BCUT2D eigenvalue weighted by Crippen LogP contribution is -2.33. The largest absolute Gasteiger partial charge is 0.352 e. The Bertz CT molecular complexity index is 438. The van der Waals surface area contributed by atoms with Gasteiger partial charge in [0, 0.05) is 13.0 Å². The van der Waals surface area contributed by atoms with Gasteiger partial charge in [-0.2, -0.15) is 0 Å². The zero-order valence-electron chi connectivity index (χ0n) is 12.6. The molecule has 1 aromatic rings. The van der Waals surface area contributed by atoms with Crippen molar-refractivity contribution >= 4 is 5.91 Å². The third kappa shape index (κ3) is 4.34. The van der Waals surface area contributed by atoms with Crippen LogP contribution >= 0.6 is 0 Å². The van der Waals surface area contributed by atoms with E-state index in [1.807, 2.05) is 12.1 Å². The fourth-order valence-electron chi connectivity index (χ4n) is 2.95. The van der Waals surface area contributed by atoms with Gasteiger partial charge in [-0.1, -0.05) is 31.2 Å². The van der Waals surface area contributed by atoms with Gasteiger partial charge in [0.1, 0.15) is 0 Å². The van der Waals surface area contributed by atoms with Crippen LogP contribution in [0.5, 0.6) is 0 Å². The van der Waals surface area contributed by atoms with Crippen molar-refractivity contribution in [1.82, 2.24) is 10.6 Å². The first-order chi connectivity index (χ1) is 9.66.